The summed E-state index contributed by atoms with van der Waals surface area (Å²) >= 11 is 0. The van der Waals surface area contributed by atoms with Crippen molar-refractivity contribution in [3.63, 3.8) is 0 Å². The molecule has 1 saturated heterocycles. The zero-order valence-electron chi connectivity index (χ0n) is 7.48. The summed E-state index contributed by atoms with van der Waals surface area (Å²) in [6.45, 7) is 10.1. The molecule has 1 rings (SSSR count). The van der Waals surface area contributed by atoms with Crippen LogP contribution in [0.15, 0.2) is 0 Å². The van der Waals surface area contributed by atoms with Gasteiger partial charge in [0.1, 0.15) is 0 Å². The first kappa shape index (κ1) is 8.06. The Bertz CT molecular complexity index is 108. The summed E-state index contributed by atoms with van der Waals surface area (Å²) in [6.07, 6.45) is 1.86. The lowest BCUT2D eigenvalue weighted by atomic mass is 9.84. The summed E-state index contributed by atoms with van der Waals surface area (Å²) in [5.41, 5.74) is 0.464. The van der Waals surface area contributed by atoms with E-state index in [2.05, 4.69) is 27.7 Å². The highest BCUT2D eigenvalue weighted by atomic mass is 16.6. The minimum absolute atomic E-state index is 0.464. The average Bonchev–Trinajstić information content (AvgIpc) is 2.35. The van der Waals surface area contributed by atoms with E-state index in [1.54, 1.807) is 0 Å². The maximum absolute atomic E-state index is 5.22. The monoisotopic (exact) mass is 142 g/mol. The molecule has 1 heterocycles. The van der Waals surface area contributed by atoms with Gasteiger partial charge in [-0.3, -0.25) is 0 Å². The lowest BCUT2D eigenvalue weighted by Gasteiger charge is -2.21. The van der Waals surface area contributed by atoms with E-state index in [4.69, 9.17) is 4.74 Å². The highest BCUT2D eigenvalue weighted by Gasteiger charge is 2.31. The topological polar surface area (TPSA) is 12.5 Å². The van der Waals surface area contributed by atoms with Crippen molar-refractivity contribution in [3.05, 3.63) is 0 Å². The molecule has 0 bridgehead atoms. The first-order valence-electron chi connectivity index (χ1n) is 4.11. The number of hydrogen-bond donors (Lipinski definition) is 0. The minimum Gasteiger partial charge on any atom is -0.373 e. The maximum Gasteiger partial charge on any atom is 0.0835 e. The number of epoxide rings is 1. The predicted octanol–water partition coefficient (Wildman–Crippen LogP) is 2.46. The zero-order valence-corrected chi connectivity index (χ0v) is 7.48. The average molecular weight is 142 g/mol. The van der Waals surface area contributed by atoms with Gasteiger partial charge in [-0.05, 0) is 17.8 Å². The van der Waals surface area contributed by atoms with Crippen LogP contribution in [0.3, 0.4) is 0 Å². The molecule has 0 N–H and O–H groups in total. The van der Waals surface area contributed by atoms with Crippen LogP contribution in [0.25, 0.3) is 0 Å². The van der Waals surface area contributed by atoms with Crippen molar-refractivity contribution in [3.8, 4) is 0 Å². The van der Waals surface area contributed by atoms with E-state index in [9.17, 15) is 0 Å². The molecule has 0 aromatic heterocycles. The zero-order chi connectivity index (χ0) is 7.78. The smallest absolute Gasteiger partial charge is 0.0835 e. The second-order valence-electron chi connectivity index (χ2n) is 4.61. The van der Waals surface area contributed by atoms with Gasteiger partial charge in [-0.2, -0.15) is 0 Å². The van der Waals surface area contributed by atoms with Gasteiger partial charge in [0.25, 0.3) is 0 Å². The van der Waals surface area contributed by atoms with Crippen LogP contribution in [-0.2, 0) is 4.74 Å². The third kappa shape index (κ3) is 2.70. The Morgan fingerprint density at radius 2 is 2.00 bits per heavy atom. The molecule has 0 saturated carbocycles. The van der Waals surface area contributed by atoms with E-state index < -0.39 is 0 Å². The molecule has 1 aliphatic heterocycles. The van der Waals surface area contributed by atoms with Crippen LogP contribution < -0.4 is 0 Å². The van der Waals surface area contributed by atoms with Gasteiger partial charge in [-0.15, -0.1) is 0 Å². The molecule has 1 aliphatic rings. The number of ether oxygens (including phenoxy) is 1. The summed E-state index contributed by atoms with van der Waals surface area (Å²) in [7, 11) is 0. The summed E-state index contributed by atoms with van der Waals surface area (Å²) in [5.74, 6) is 0.750. The van der Waals surface area contributed by atoms with E-state index in [1.807, 2.05) is 0 Å². The van der Waals surface area contributed by atoms with Crippen LogP contribution in [0.1, 0.15) is 34.1 Å². The SMILES string of the molecule is CC(CC(C)(C)C)C1CO1. The summed E-state index contributed by atoms with van der Waals surface area (Å²) in [4.78, 5) is 0. The Morgan fingerprint density at radius 3 is 2.30 bits per heavy atom. The van der Waals surface area contributed by atoms with Crippen molar-refractivity contribution in [1.82, 2.24) is 0 Å². The van der Waals surface area contributed by atoms with Gasteiger partial charge in [-0.25, -0.2) is 0 Å². The quantitative estimate of drug-likeness (QED) is 0.539. The Kier molecular flexibility index (Phi) is 2.04. The molecule has 0 aromatic rings. The molecule has 2 unspecified atom stereocenters. The van der Waals surface area contributed by atoms with Crippen LogP contribution in [0.2, 0.25) is 0 Å². The molecule has 0 spiro atoms. The predicted molar refractivity (Wildman–Crippen MR) is 43.0 cm³/mol. The molecule has 0 aromatic carbocycles. The van der Waals surface area contributed by atoms with Crippen molar-refractivity contribution >= 4 is 0 Å². The molecular weight excluding hydrogens is 124 g/mol. The fourth-order valence-corrected chi connectivity index (χ4v) is 1.48. The van der Waals surface area contributed by atoms with Crippen molar-refractivity contribution < 1.29 is 4.74 Å². The van der Waals surface area contributed by atoms with Crippen LogP contribution in [0, 0.1) is 11.3 Å². The van der Waals surface area contributed by atoms with E-state index in [1.165, 1.54) is 6.42 Å². The summed E-state index contributed by atoms with van der Waals surface area (Å²) in [6, 6.07) is 0. The van der Waals surface area contributed by atoms with Crippen LogP contribution in [-0.4, -0.2) is 12.7 Å². The highest BCUT2D eigenvalue weighted by Crippen LogP contribution is 2.31. The summed E-state index contributed by atoms with van der Waals surface area (Å²) < 4.78 is 5.22. The van der Waals surface area contributed by atoms with E-state index in [0.29, 0.717) is 11.5 Å². The molecule has 2 atom stereocenters. The Balaban J connectivity index is 2.23. The molecule has 0 radical (unpaired) electrons. The standard InChI is InChI=1S/C9H18O/c1-7(8-6-10-8)5-9(2,3)4/h7-8H,5-6H2,1-4H3. The fourth-order valence-electron chi connectivity index (χ4n) is 1.48. The van der Waals surface area contributed by atoms with E-state index >= 15 is 0 Å². The molecule has 10 heavy (non-hydrogen) atoms. The third-order valence-electron chi connectivity index (χ3n) is 1.93. The Labute approximate surface area is 63.8 Å². The second kappa shape index (κ2) is 2.54. The largest absolute Gasteiger partial charge is 0.373 e. The molecule has 1 nitrogen and oxygen atoms in total. The van der Waals surface area contributed by atoms with Gasteiger partial charge in [0.2, 0.25) is 0 Å². The number of rotatable bonds is 2. The molecular formula is C9H18O. The molecule has 1 heteroatoms. The second-order valence-corrected chi connectivity index (χ2v) is 4.61. The molecule has 0 amide bonds. The Hall–Kier alpha value is -0.0400. The normalized spacial score (nSPS) is 28.2. The minimum atomic E-state index is 0.464. The highest BCUT2D eigenvalue weighted by molar-refractivity contribution is 4.79. The first-order valence-corrected chi connectivity index (χ1v) is 4.11. The number of hydrogen-bond acceptors (Lipinski definition) is 1. The molecule has 0 aliphatic carbocycles. The van der Waals surface area contributed by atoms with Gasteiger partial charge in [0, 0.05) is 0 Å². The lowest BCUT2D eigenvalue weighted by Crippen LogP contribution is -2.14. The molecule has 1 fully saturated rings. The third-order valence-corrected chi connectivity index (χ3v) is 1.93. The lowest BCUT2D eigenvalue weighted by molar-refractivity contribution is 0.253. The van der Waals surface area contributed by atoms with Crippen molar-refractivity contribution in [1.29, 1.82) is 0 Å². The Morgan fingerprint density at radius 1 is 1.50 bits per heavy atom. The van der Waals surface area contributed by atoms with Crippen molar-refractivity contribution in [2.45, 2.75) is 40.2 Å². The van der Waals surface area contributed by atoms with E-state index in [0.717, 1.165) is 12.5 Å². The van der Waals surface area contributed by atoms with Gasteiger partial charge >= 0.3 is 0 Å². The fraction of sp³-hybridized carbons (Fsp3) is 1.00. The van der Waals surface area contributed by atoms with Gasteiger partial charge in [0.15, 0.2) is 0 Å². The van der Waals surface area contributed by atoms with Crippen LogP contribution in [0.4, 0.5) is 0 Å². The maximum atomic E-state index is 5.22. The van der Waals surface area contributed by atoms with Crippen LogP contribution >= 0.6 is 0 Å². The van der Waals surface area contributed by atoms with Gasteiger partial charge in [0.05, 0.1) is 12.7 Å². The van der Waals surface area contributed by atoms with Crippen molar-refractivity contribution in [2.75, 3.05) is 6.61 Å². The van der Waals surface area contributed by atoms with E-state index in [-0.39, 0.29) is 0 Å². The van der Waals surface area contributed by atoms with Crippen molar-refractivity contribution in [2.24, 2.45) is 11.3 Å². The summed E-state index contributed by atoms with van der Waals surface area (Å²) in [5, 5.41) is 0. The van der Waals surface area contributed by atoms with Crippen LogP contribution in [0.5, 0.6) is 0 Å². The van der Waals surface area contributed by atoms with Gasteiger partial charge in [-0.1, -0.05) is 27.7 Å². The van der Waals surface area contributed by atoms with Gasteiger partial charge < -0.3 is 4.74 Å². The first-order chi connectivity index (χ1) is 4.49. The molecule has 60 valence electrons.